The van der Waals surface area contributed by atoms with Gasteiger partial charge in [-0.2, -0.15) is 0 Å². The molecular formula is C19H24N2O5S. The molecule has 0 fully saturated rings. The lowest BCUT2D eigenvalue weighted by molar-refractivity contribution is 0.0772. The van der Waals surface area contributed by atoms with E-state index in [1.54, 1.807) is 29.2 Å². The molecule has 0 radical (unpaired) electrons. The number of ether oxygens (including phenoxy) is 2. The third-order valence-electron chi connectivity index (χ3n) is 4.09. The maximum atomic E-state index is 12.8. The summed E-state index contributed by atoms with van der Waals surface area (Å²) in [6.07, 6.45) is 0. The first-order valence-electron chi connectivity index (χ1n) is 8.50. The van der Waals surface area contributed by atoms with Gasteiger partial charge in [0.1, 0.15) is 11.5 Å². The lowest BCUT2D eigenvalue weighted by atomic mass is 10.2. The summed E-state index contributed by atoms with van der Waals surface area (Å²) in [5, 5.41) is 0. The largest absolute Gasteiger partial charge is 0.497 e. The minimum absolute atomic E-state index is 0.00891. The molecule has 0 saturated carbocycles. The van der Waals surface area contributed by atoms with Crippen LogP contribution < -0.4 is 14.2 Å². The van der Waals surface area contributed by atoms with Crippen LogP contribution >= 0.6 is 0 Å². The molecule has 0 aromatic heterocycles. The predicted octanol–water partition coefficient (Wildman–Crippen LogP) is 2.99. The topological polar surface area (TPSA) is 84.9 Å². The molecule has 0 heterocycles. The number of methoxy groups -OCH3 is 2. The van der Waals surface area contributed by atoms with Crippen molar-refractivity contribution in [2.24, 2.45) is 0 Å². The Kier molecular flexibility index (Phi) is 6.68. The van der Waals surface area contributed by atoms with Crippen molar-refractivity contribution < 1.29 is 22.7 Å². The molecule has 2 rings (SSSR count). The Labute approximate surface area is 160 Å². The third-order valence-corrected chi connectivity index (χ3v) is 5.46. The average molecular weight is 392 g/mol. The summed E-state index contributed by atoms with van der Waals surface area (Å²) in [5.41, 5.74) is 0.566. The summed E-state index contributed by atoms with van der Waals surface area (Å²) in [5.74, 6) is 0.629. The van der Waals surface area contributed by atoms with Crippen molar-refractivity contribution in [3.63, 3.8) is 0 Å². The van der Waals surface area contributed by atoms with Gasteiger partial charge in [0.2, 0.25) is 0 Å². The second-order valence-corrected chi connectivity index (χ2v) is 7.36. The third kappa shape index (κ3) is 4.71. The van der Waals surface area contributed by atoms with Gasteiger partial charge in [-0.3, -0.25) is 9.52 Å². The van der Waals surface area contributed by atoms with Crippen molar-refractivity contribution in [1.82, 2.24) is 4.90 Å². The van der Waals surface area contributed by atoms with Gasteiger partial charge in [0.25, 0.3) is 15.9 Å². The molecule has 27 heavy (non-hydrogen) atoms. The Morgan fingerprint density at radius 1 is 1.04 bits per heavy atom. The summed E-state index contributed by atoms with van der Waals surface area (Å²) in [4.78, 5) is 14.1. The predicted molar refractivity (Wildman–Crippen MR) is 104 cm³/mol. The Morgan fingerprint density at radius 3 is 2.33 bits per heavy atom. The number of nitrogens with zero attached hydrogens (tertiary/aromatic N) is 1. The molecule has 2 aromatic carbocycles. The second kappa shape index (κ2) is 8.77. The highest BCUT2D eigenvalue weighted by Crippen LogP contribution is 2.31. The van der Waals surface area contributed by atoms with Gasteiger partial charge in [0, 0.05) is 24.7 Å². The number of amides is 1. The van der Waals surface area contributed by atoms with E-state index in [1.807, 2.05) is 13.8 Å². The number of carbonyl (C=O) groups excluding carboxylic acids is 1. The SMILES string of the molecule is CCN(CC)C(=O)c1cccc(S(=O)(=O)Nc2cc(OC)ccc2OC)c1. The standard InChI is InChI=1S/C19H24N2O5S/c1-5-21(6-2)19(22)14-8-7-9-16(12-14)27(23,24)20-17-13-15(25-3)10-11-18(17)26-4/h7-13,20H,5-6H2,1-4H3. The highest BCUT2D eigenvalue weighted by molar-refractivity contribution is 7.92. The first kappa shape index (κ1) is 20.6. The van der Waals surface area contributed by atoms with E-state index in [2.05, 4.69) is 4.72 Å². The Morgan fingerprint density at radius 2 is 1.74 bits per heavy atom. The van der Waals surface area contributed by atoms with Crippen LogP contribution in [0.25, 0.3) is 0 Å². The van der Waals surface area contributed by atoms with Crippen LogP contribution in [-0.2, 0) is 10.0 Å². The highest BCUT2D eigenvalue weighted by Gasteiger charge is 2.20. The van der Waals surface area contributed by atoms with Gasteiger partial charge in [-0.1, -0.05) is 6.07 Å². The van der Waals surface area contributed by atoms with E-state index in [1.165, 1.54) is 32.4 Å². The fourth-order valence-corrected chi connectivity index (χ4v) is 3.69. The van der Waals surface area contributed by atoms with E-state index >= 15 is 0 Å². The fourth-order valence-electron chi connectivity index (χ4n) is 2.59. The van der Waals surface area contributed by atoms with Crippen molar-refractivity contribution in [2.75, 3.05) is 32.0 Å². The molecule has 1 N–H and O–H groups in total. The normalized spacial score (nSPS) is 11.0. The van der Waals surface area contributed by atoms with Crippen molar-refractivity contribution in [3.8, 4) is 11.5 Å². The smallest absolute Gasteiger partial charge is 0.262 e. The molecule has 0 unspecified atom stereocenters. The maximum absolute atomic E-state index is 12.8. The number of carbonyl (C=O) groups is 1. The van der Waals surface area contributed by atoms with Gasteiger partial charge in [-0.25, -0.2) is 8.42 Å². The summed E-state index contributed by atoms with van der Waals surface area (Å²) in [6, 6.07) is 10.8. The van der Waals surface area contributed by atoms with Crippen LogP contribution in [0.15, 0.2) is 47.4 Å². The summed E-state index contributed by atoms with van der Waals surface area (Å²) >= 11 is 0. The molecular weight excluding hydrogens is 368 g/mol. The molecule has 0 bridgehead atoms. The van der Waals surface area contributed by atoms with E-state index in [0.29, 0.717) is 30.2 Å². The second-order valence-electron chi connectivity index (χ2n) is 5.68. The summed E-state index contributed by atoms with van der Waals surface area (Å²) < 4.78 is 38.5. The molecule has 2 aromatic rings. The lowest BCUT2D eigenvalue weighted by Crippen LogP contribution is -2.30. The van der Waals surface area contributed by atoms with Gasteiger partial charge >= 0.3 is 0 Å². The van der Waals surface area contributed by atoms with E-state index in [0.717, 1.165) is 0 Å². The quantitative estimate of drug-likeness (QED) is 0.746. The molecule has 0 spiro atoms. The van der Waals surface area contributed by atoms with Crippen molar-refractivity contribution in [2.45, 2.75) is 18.7 Å². The van der Waals surface area contributed by atoms with Gasteiger partial charge in [0.05, 0.1) is 24.8 Å². The molecule has 0 atom stereocenters. The fraction of sp³-hybridized carbons (Fsp3) is 0.316. The number of sulfonamides is 1. The van der Waals surface area contributed by atoms with Crippen molar-refractivity contribution in [3.05, 3.63) is 48.0 Å². The minimum Gasteiger partial charge on any atom is -0.497 e. The van der Waals surface area contributed by atoms with Crippen LogP contribution in [0.4, 0.5) is 5.69 Å². The zero-order valence-electron chi connectivity index (χ0n) is 15.9. The van der Waals surface area contributed by atoms with Crippen molar-refractivity contribution >= 4 is 21.6 Å². The van der Waals surface area contributed by atoms with Crippen LogP contribution in [0.5, 0.6) is 11.5 Å². The number of anilines is 1. The van der Waals surface area contributed by atoms with Gasteiger partial charge < -0.3 is 14.4 Å². The zero-order chi connectivity index (χ0) is 20.0. The zero-order valence-corrected chi connectivity index (χ0v) is 16.7. The molecule has 0 aliphatic heterocycles. The van der Waals surface area contributed by atoms with Crippen LogP contribution in [0, 0.1) is 0 Å². The van der Waals surface area contributed by atoms with E-state index in [4.69, 9.17) is 9.47 Å². The van der Waals surface area contributed by atoms with Crippen LogP contribution in [0.2, 0.25) is 0 Å². The first-order valence-corrected chi connectivity index (χ1v) is 9.98. The van der Waals surface area contributed by atoms with E-state index < -0.39 is 10.0 Å². The average Bonchev–Trinajstić information content (AvgIpc) is 2.68. The van der Waals surface area contributed by atoms with E-state index in [-0.39, 0.29) is 16.5 Å². The molecule has 7 nitrogen and oxygen atoms in total. The maximum Gasteiger partial charge on any atom is 0.262 e. The first-order chi connectivity index (χ1) is 12.9. The van der Waals surface area contributed by atoms with Gasteiger partial charge in [-0.05, 0) is 44.2 Å². The molecule has 1 amide bonds. The molecule has 146 valence electrons. The number of benzene rings is 2. The Balaban J connectivity index is 2.38. The van der Waals surface area contributed by atoms with Crippen LogP contribution in [0.1, 0.15) is 24.2 Å². The van der Waals surface area contributed by atoms with Crippen LogP contribution in [-0.4, -0.2) is 46.5 Å². The summed E-state index contributed by atoms with van der Waals surface area (Å²) in [7, 11) is -0.986. The van der Waals surface area contributed by atoms with E-state index in [9.17, 15) is 13.2 Å². The number of hydrogen-bond donors (Lipinski definition) is 1. The minimum atomic E-state index is -3.92. The van der Waals surface area contributed by atoms with Crippen LogP contribution in [0.3, 0.4) is 0 Å². The number of nitrogens with one attached hydrogen (secondary N) is 1. The molecule has 0 aliphatic carbocycles. The number of rotatable bonds is 8. The van der Waals surface area contributed by atoms with Gasteiger partial charge in [-0.15, -0.1) is 0 Å². The van der Waals surface area contributed by atoms with Gasteiger partial charge in [0.15, 0.2) is 0 Å². The molecule has 0 saturated heterocycles. The highest BCUT2D eigenvalue weighted by atomic mass is 32.2. The Hall–Kier alpha value is -2.74. The molecule has 0 aliphatic rings. The number of hydrogen-bond acceptors (Lipinski definition) is 5. The lowest BCUT2D eigenvalue weighted by Gasteiger charge is -2.19. The van der Waals surface area contributed by atoms with Crippen molar-refractivity contribution in [1.29, 1.82) is 0 Å². The monoisotopic (exact) mass is 392 g/mol. The molecule has 8 heteroatoms. The summed E-state index contributed by atoms with van der Waals surface area (Å²) in [6.45, 7) is 4.84. The Bertz CT molecular complexity index is 908.